The van der Waals surface area contributed by atoms with Crippen molar-refractivity contribution in [3.63, 3.8) is 0 Å². The number of nitrogens with one attached hydrogen (secondary N) is 1. The van der Waals surface area contributed by atoms with E-state index in [0.29, 0.717) is 6.04 Å². The molecule has 1 N–H and O–H groups in total. The van der Waals surface area contributed by atoms with Gasteiger partial charge in [0.25, 0.3) is 0 Å². The number of aryl methyl sites for hydroxylation is 2. The largest absolute Gasteiger partial charge is 0.489 e. The molecule has 16 heavy (non-hydrogen) atoms. The lowest BCUT2D eigenvalue weighted by molar-refractivity contribution is 0.213. The van der Waals surface area contributed by atoms with Gasteiger partial charge in [0.05, 0.1) is 0 Å². The van der Waals surface area contributed by atoms with E-state index in [1.54, 1.807) is 0 Å². The molecule has 0 aromatic heterocycles. The predicted molar refractivity (Wildman–Crippen MR) is 69.1 cm³/mol. The van der Waals surface area contributed by atoms with Crippen LogP contribution in [0.3, 0.4) is 0 Å². The van der Waals surface area contributed by atoms with E-state index >= 15 is 0 Å². The van der Waals surface area contributed by atoms with Crippen molar-refractivity contribution in [3.8, 4) is 5.75 Å². The lowest BCUT2D eigenvalue weighted by atomic mass is 10.1. The Bertz CT molecular complexity index is 334. The summed E-state index contributed by atoms with van der Waals surface area (Å²) in [5, 5.41) is 3.37. The third-order valence-electron chi connectivity index (χ3n) is 2.63. The molecule has 0 radical (unpaired) electrons. The number of ether oxygens (including phenoxy) is 1. The van der Waals surface area contributed by atoms with Crippen LogP contribution in [0.1, 0.15) is 31.9 Å². The van der Waals surface area contributed by atoms with Crippen molar-refractivity contribution in [2.45, 2.75) is 46.8 Å². The summed E-state index contributed by atoms with van der Waals surface area (Å²) in [5.41, 5.74) is 2.59. The minimum Gasteiger partial charge on any atom is -0.489 e. The molecular weight excluding hydrogens is 198 g/mol. The van der Waals surface area contributed by atoms with E-state index in [1.807, 2.05) is 6.07 Å². The van der Waals surface area contributed by atoms with E-state index in [0.717, 1.165) is 12.3 Å². The van der Waals surface area contributed by atoms with Gasteiger partial charge in [-0.1, -0.05) is 19.9 Å². The maximum Gasteiger partial charge on any atom is 0.120 e. The van der Waals surface area contributed by atoms with Crippen molar-refractivity contribution in [1.29, 1.82) is 0 Å². The molecule has 1 rings (SSSR count). The fourth-order valence-corrected chi connectivity index (χ4v) is 1.46. The van der Waals surface area contributed by atoms with Gasteiger partial charge in [-0.2, -0.15) is 0 Å². The van der Waals surface area contributed by atoms with Gasteiger partial charge in [-0.05, 0) is 44.0 Å². The molecule has 2 nitrogen and oxygen atoms in total. The van der Waals surface area contributed by atoms with Gasteiger partial charge in [-0.3, -0.25) is 0 Å². The van der Waals surface area contributed by atoms with E-state index in [4.69, 9.17) is 4.74 Å². The monoisotopic (exact) mass is 221 g/mol. The molecule has 0 aliphatic rings. The standard InChI is InChI=1S/C14H23NO/c1-10(2)15-9-13(5)16-14-7-6-11(3)12(4)8-14/h6-8,10,13,15H,9H2,1-5H3. The topological polar surface area (TPSA) is 21.3 Å². The summed E-state index contributed by atoms with van der Waals surface area (Å²) in [6, 6.07) is 6.74. The fraction of sp³-hybridized carbons (Fsp3) is 0.571. The first-order chi connectivity index (χ1) is 7.49. The molecule has 1 atom stereocenters. The average molecular weight is 221 g/mol. The molecule has 1 aromatic rings. The lowest BCUT2D eigenvalue weighted by Gasteiger charge is -2.17. The van der Waals surface area contributed by atoms with Crippen molar-refractivity contribution in [3.05, 3.63) is 29.3 Å². The van der Waals surface area contributed by atoms with E-state index in [2.05, 4.69) is 52.1 Å². The molecule has 0 amide bonds. The third-order valence-corrected chi connectivity index (χ3v) is 2.63. The van der Waals surface area contributed by atoms with Crippen LogP contribution in [-0.2, 0) is 0 Å². The second kappa shape index (κ2) is 5.90. The summed E-state index contributed by atoms with van der Waals surface area (Å²) >= 11 is 0. The molecule has 1 unspecified atom stereocenters. The van der Waals surface area contributed by atoms with Crippen molar-refractivity contribution >= 4 is 0 Å². The first kappa shape index (κ1) is 13.0. The van der Waals surface area contributed by atoms with Gasteiger partial charge in [0.1, 0.15) is 11.9 Å². The van der Waals surface area contributed by atoms with E-state index in [1.165, 1.54) is 11.1 Å². The highest BCUT2D eigenvalue weighted by Gasteiger charge is 2.05. The summed E-state index contributed by atoms with van der Waals surface area (Å²) in [6.07, 6.45) is 0.199. The van der Waals surface area contributed by atoms with Crippen LogP contribution < -0.4 is 10.1 Å². The van der Waals surface area contributed by atoms with Gasteiger partial charge >= 0.3 is 0 Å². The Kier molecular flexibility index (Phi) is 4.81. The summed E-state index contributed by atoms with van der Waals surface area (Å²) in [6.45, 7) is 11.5. The molecule has 0 aliphatic carbocycles. The molecule has 2 heteroatoms. The highest BCUT2D eigenvalue weighted by atomic mass is 16.5. The predicted octanol–water partition coefficient (Wildman–Crippen LogP) is 3.07. The van der Waals surface area contributed by atoms with Crippen LogP contribution >= 0.6 is 0 Å². The van der Waals surface area contributed by atoms with E-state index < -0.39 is 0 Å². The van der Waals surface area contributed by atoms with Crippen LogP contribution in [-0.4, -0.2) is 18.7 Å². The Morgan fingerprint density at radius 2 is 1.81 bits per heavy atom. The Balaban J connectivity index is 2.49. The summed E-state index contributed by atoms with van der Waals surface area (Å²) in [7, 11) is 0. The molecule has 1 aromatic carbocycles. The molecule has 0 fully saturated rings. The number of rotatable bonds is 5. The Morgan fingerprint density at radius 1 is 1.12 bits per heavy atom. The van der Waals surface area contributed by atoms with Gasteiger partial charge in [0.2, 0.25) is 0 Å². The zero-order valence-electron chi connectivity index (χ0n) is 11.0. The Labute approximate surface area is 99.0 Å². The quantitative estimate of drug-likeness (QED) is 0.825. The summed E-state index contributed by atoms with van der Waals surface area (Å²) in [5.74, 6) is 0.959. The molecule has 0 bridgehead atoms. The average Bonchev–Trinajstić information content (AvgIpc) is 2.21. The second-order valence-corrected chi connectivity index (χ2v) is 4.74. The Morgan fingerprint density at radius 3 is 2.38 bits per heavy atom. The number of hydrogen-bond donors (Lipinski definition) is 1. The molecule has 0 spiro atoms. The van der Waals surface area contributed by atoms with Crippen LogP contribution in [0.4, 0.5) is 0 Å². The molecular formula is C14H23NO. The maximum atomic E-state index is 5.84. The maximum absolute atomic E-state index is 5.84. The van der Waals surface area contributed by atoms with Crippen molar-refractivity contribution in [1.82, 2.24) is 5.32 Å². The minimum atomic E-state index is 0.199. The molecule has 0 heterocycles. The van der Waals surface area contributed by atoms with Gasteiger partial charge in [0.15, 0.2) is 0 Å². The highest BCUT2D eigenvalue weighted by molar-refractivity contribution is 5.33. The van der Waals surface area contributed by atoms with Gasteiger partial charge < -0.3 is 10.1 Å². The van der Waals surface area contributed by atoms with Crippen molar-refractivity contribution < 1.29 is 4.74 Å². The van der Waals surface area contributed by atoms with Crippen LogP contribution in [0, 0.1) is 13.8 Å². The van der Waals surface area contributed by atoms with Gasteiger partial charge in [0, 0.05) is 12.6 Å². The van der Waals surface area contributed by atoms with Gasteiger partial charge in [-0.25, -0.2) is 0 Å². The van der Waals surface area contributed by atoms with E-state index in [9.17, 15) is 0 Å². The lowest BCUT2D eigenvalue weighted by Crippen LogP contribution is -2.33. The SMILES string of the molecule is Cc1ccc(OC(C)CNC(C)C)cc1C. The molecule has 90 valence electrons. The van der Waals surface area contributed by atoms with Crippen LogP contribution in [0.25, 0.3) is 0 Å². The molecule has 0 aliphatic heterocycles. The van der Waals surface area contributed by atoms with Crippen LogP contribution in [0.15, 0.2) is 18.2 Å². The minimum absolute atomic E-state index is 0.199. The second-order valence-electron chi connectivity index (χ2n) is 4.74. The van der Waals surface area contributed by atoms with Crippen molar-refractivity contribution in [2.24, 2.45) is 0 Å². The van der Waals surface area contributed by atoms with Crippen LogP contribution in [0.5, 0.6) is 5.75 Å². The fourth-order valence-electron chi connectivity index (χ4n) is 1.46. The van der Waals surface area contributed by atoms with E-state index in [-0.39, 0.29) is 6.10 Å². The first-order valence-corrected chi connectivity index (χ1v) is 5.96. The summed E-state index contributed by atoms with van der Waals surface area (Å²) in [4.78, 5) is 0. The van der Waals surface area contributed by atoms with Gasteiger partial charge in [-0.15, -0.1) is 0 Å². The number of benzene rings is 1. The molecule has 0 saturated heterocycles. The van der Waals surface area contributed by atoms with Crippen molar-refractivity contribution in [2.75, 3.05) is 6.54 Å². The normalized spacial score (nSPS) is 12.9. The molecule has 0 saturated carbocycles. The summed E-state index contributed by atoms with van der Waals surface area (Å²) < 4.78 is 5.84. The number of hydrogen-bond acceptors (Lipinski definition) is 2. The zero-order chi connectivity index (χ0) is 12.1. The highest BCUT2D eigenvalue weighted by Crippen LogP contribution is 2.17. The first-order valence-electron chi connectivity index (χ1n) is 5.96. The Hall–Kier alpha value is -1.02. The smallest absolute Gasteiger partial charge is 0.120 e. The third kappa shape index (κ3) is 4.23. The zero-order valence-corrected chi connectivity index (χ0v) is 11.0. The van der Waals surface area contributed by atoms with Crippen LogP contribution in [0.2, 0.25) is 0 Å².